The van der Waals surface area contributed by atoms with Crippen LogP contribution in [-0.2, 0) is 25.6 Å². The van der Waals surface area contributed by atoms with Crippen LogP contribution in [0.1, 0.15) is 52.3 Å². The molecular formula is C28H53N9O4. The normalized spacial score (nSPS) is 14.1. The lowest BCUT2D eigenvalue weighted by atomic mass is 9.81. The number of amides is 3. The van der Waals surface area contributed by atoms with Crippen molar-refractivity contribution < 1.29 is 19.2 Å². The Labute approximate surface area is 244 Å². The van der Waals surface area contributed by atoms with Crippen molar-refractivity contribution in [3.8, 4) is 0 Å². The first-order valence-corrected chi connectivity index (χ1v) is 14.9. The highest BCUT2D eigenvalue weighted by atomic mass is 16.2. The first kappa shape index (κ1) is 36.2. The molecule has 0 fully saturated rings. The van der Waals surface area contributed by atoms with Gasteiger partial charge in [0, 0.05) is 109 Å². The molecule has 3 amide bonds. The van der Waals surface area contributed by atoms with E-state index < -0.39 is 17.8 Å². The molecular weight excluding hydrogens is 526 g/mol. The number of nitrogens with zero attached hydrogens (tertiary/aromatic N) is 1. The van der Waals surface area contributed by atoms with E-state index in [0.29, 0.717) is 65.3 Å². The summed E-state index contributed by atoms with van der Waals surface area (Å²) < 4.78 is 0. The molecule has 0 aliphatic carbocycles. The molecule has 13 nitrogen and oxygen atoms in total. The number of rotatable bonds is 24. The van der Waals surface area contributed by atoms with Crippen LogP contribution in [0.3, 0.4) is 0 Å². The van der Waals surface area contributed by atoms with Crippen LogP contribution in [-0.4, -0.2) is 92.4 Å². The van der Waals surface area contributed by atoms with Crippen LogP contribution >= 0.6 is 0 Å². The number of imidazole rings is 1. The van der Waals surface area contributed by atoms with Crippen molar-refractivity contribution in [1.82, 2.24) is 36.6 Å². The first-order valence-electron chi connectivity index (χ1n) is 14.9. The van der Waals surface area contributed by atoms with Crippen LogP contribution in [0.4, 0.5) is 0 Å². The molecule has 0 spiro atoms. The molecule has 0 saturated heterocycles. The van der Waals surface area contributed by atoms with Crippen molar-refractivity contribution in [3.05, 3.63) is 18.2 Å². The third-order valence-electron chi connectivity index (χ3n) is 7.18. The summed E-state index contributed by atoms with van der Waals surface area (Å²) in [7, 11) is 0. The van der Waals surface area contributed by atoms with Crippen LogP contribution in [0.15, 0.2) is 12.4 Å². The number of carbonyl (C=O) groups excluding carboxylic acids is 4. The number of hydrogen-bond acceptors (Lipinski definition) is 9. The fraction of sp³-hybridized carbons (Fsp3) is 0.750. The van der Waals surface area contributed by atoms with Gasteiger partial charge in [-0.25, -0.2) is 4.98 Å². The highest BCUT2D eigenvalue weighted by Crippen LogP contribution is 2.25. The molecule has 0 radical (unpaired) electrons. The van der Waals surface area contributed by atoms with Gasteiger partial charge in [-0.15, -0.1) is 0 Å². The Bertz CT molecular complexity index is 882. The van der Waals surface area contributed by atoms with Crippen LogP contribution < -0.4 is 38.1 Å². The highest BCUT2D eigenvalue weighted by molar-refractivity contribution is 5.89. The molecule has 1 aromatic rings. The molecule has 1 heterocycles. The summed E-state index contributed by atoms with van der Waals surface area (Å²) in [5, 5.41) is 14.9. The lowest BCUT2D eigenvalue weighted by molar-refractivity contribution is -0.134. The van der Waals surface area contributed by atoms with E-state index >= 15 is 0 Å². The predicted octanol–water partition coefficient (Wildman–Crippen LogP) is -0.949. The summed E-state index contributed by atoms with van der Waals surface area (Å²) in [6.07, 6.45) is 4.78. The monoisotopic (exact) mass is 579 g/mol. The number of aromatic amines is 1. The SMILES string of the molecule is CCC(C)C(CC(=O)CC(C)C(CC(=O)NCCNCCN)C(=O)NCCc1ncc[nH]1)C(=O)NCCNCCN. The van der Waals surface area contributed by atoms with Gasteiger partial charge in [0.25, 0.3) is 0 Å². The molecule has 1 aromatic heterocycles. The van der Waals surface area contributed by atoms with Crippen molar-refractivity contribution in [2.75, 3.05) is 58.9 Å². The van der Waals surface area contributed by atoms with Gasteiger partial charge in [0.2, 0.25) is 17.7 Å². The minimum atomic E-state index is -0.697. The predicted molar refractivity (Wildman–Crippen MR) is 160 cm³/mol. The zero-order valence-corrected chi connectivity index (χ0v) is 25.1. The summed E-state index contributed by atoms with van der Waals surface area (Å²) >= 11 is 0. The van der Waals surface area contributed by atoms with Crippen molar-refractivity contribution in [1.29, 1.82) is 0 Å². The van der Waals surface area contributed by atoms with Gasteiger partial charge in [0.15, 0.2) is 0 Å². The molecule has 0 aromatic carbocycles. The first-order chi connectivity index (χ1) is 19.7. The van der Waals surface area contributed by atoms with Gasteiger partial charge >= 0.3 is 0 Å². The van der Waals surface area contributed by atoms with Gasteiger partial charge in [0.05, 0.1) is 0 Å². The molecule has 1 rings (SSSR count). The van der Waals surface area contributed by atoms with E-state index in [1.54, 1.807) is 12.4 Å². The van der Waals surface area contributed by atoms with Gasteiger partial charge in [-0.3, -0.25) is 19.2 Å². The van der Waals surface area contributed by atoms with E-state index in [9.17, 15) is 19.2 Å². The van der Waals surface area contributed by atoms with Crippen molar-refractivity contribution in [2.45, 2.75) is 52.9 Å². The minimum Gasteiger partial charge on any atom is -0.355 e. The smallest absolute Gasteiger partial charge is 0.223 e. The Hall–Kier alpha value is -2.87. The third kappa shape index (κ3) is 15.6. The zero-order valence-electron chi connectivity index (χ0n) is 25.1. The Morgan fingerprint density at radius 1 is 0.780 bits per heavy atom. The molecule has 4 unspecified atom stereocenters. The molecule has 0 saturated carbocycles. The molecule has 0 bridgehead atoms. The topological polar surface area (TPSA) is 209 Å². The highest BCUT2D eigenvalue weighted by Gasteiger charge is 2.32. The van der Waals surface area contributed by atoms with Crippen LogP contribution in [0.2, 0.25) is 0 Å². The molecule has 0 aliphatic heterocycles. The second-order valence-corrected chi connectivity index (χ2v) is 10.5. The summed E-state index contributed by atoms with van der Waals surface area (Å²) in [6.45, 7) is 10.5. The van der Waals surface area contributed by atoms with E-state index in [4.69, 9.17) is 11.5 Å². The Morgan fingerprint density at radius 2 is 1.37 bits per heavy atom. The van der Waals surface area contributed by atoms with E-state index in [1.807, 2.05) is 20.8 Å². The molecule has 234 valence electrons. The molecule has 41 heavy (non-hydrogen) atoms. The quantitative estimate of drug-likeness (QED) is 0.0709. The summed E-state index contributed by atoms with van der Waals surface area (Å²) in [4.78, 5) is 59.1. The van der Waals surface area contributed by atoms with Crippen LogP contribution in [0, 0.1) is 23.7 Å². The van der Waals surface area contributed by atoms with Crippen LogP contribution in [0.5, 0.6) is 0 Å². The summed E-state index contributed by atoms with van der Waals surface area (Å²) in [5.41, 5.74) is 10.9. The molecule has 4 atom stereocenters. The van der Waals surface area contributed by atoms with Crippen molar-refractivity contribution in [3.63, 3.8) is 0 Å². The van der Waals surface area contributed by atoms with Crippen molar-refractivity contribution in [2.24, 2.45) is 35.1 Å². The largest absolute Gasteiger partial charge is 0.355 e. The number of nitrogens with one attached hydrogen (secondary N) is 6. The minimum absolute atomic E-state index is 0.0191. The number of ketones is 1. The number of H-pyrrole nitrogens is 1. The zero-order chi connectivity index (χ0) is 30.5. The molecule has 0 aliphatic rings. The van der Waals surface area contributed by atoms with Gasteiger partial charge < -0.3 is 43.0 Å². The summed E-state index contributed by atoms with van der Waals surface area (Å²) in [6, 6.07) is 0. The Balaban J connectivity index is 2.78. The number of Topliss-reactive ketones (excluding diaryl/α,β-unsaturated/α-hetero) is 1. The lowest BCUT2D eigenvalue weighted by Crippen LogP contribution is -2.41. The second kappa shape index (κ2) is 21.8. The average Bonchev–Trinajstić information content (AvgIpc) is 3.47. The molecule has 10 N–H and O–H groups in total. The third-order valence-corrected chi connectivity index (χ3v) is 7.18. The number of nitrogens with two attached hydrogens (primary N) is 2. The average molecular weight is 580 g/mol. The summed E-state index contributed by atoms with van der Waals surface area (Å²) in [5.74, 6) is -1.57. The van der Waals surface area contributed by atoms with E-state index in [0.717, 1.165) is 12.2 Å². The Morgan fingerprint density at radius 3 is 1.93 bits per heavy atom. The lowest BCUT2D eigenvalue weighted by Gasteiger charge is -2.25. The van der Waals surface area contributed by atoms with E-state index in [1.165, 1.54) is 0 Å². The van der Waals surface area contributed by atoms with Gasteiger partial charge in [0.1, 0.15) is 11.6 Å². The standard InChI is InChI=1S/C28H53N9O4/c1-4-20(2)23(27(40)37-14-12-32-10-7-30)18-22(38)17-21(3)24(19-26(39)35-13-11-31-9-6-29)28(41)36-8-5-25-33-15-16-34-25/h15-16,20-21,23-24,31-32H,4-14,17-19,29-30H2,1-3H3,(H,33,34)(H,35,39)(H,36,41)(H,37,40). The maximum Gasteiger partial charge on any atom is 0.223 e. The second-order valence-electron chi connectivity index (χ2n) is 10.5. The van der Waals surface area contributed by atoms with E-state index in [-0.39, 0.29) is 48.7 Å². The maximum atomic E-state index is 13.2. The Kier molecular flexibility index (Phi) is 19.2. The number of aromatic nitrogens is 2. The van der Waals surface area contributed by atoms with Gasteiger partial charge in [-0.05, 0) is 11.8 Å². The maximum absolute atomic E-state index is 13.2. The number of carbonyl (C=O) groups is 4. The van der Waals surface area contributed by atoms with Gasteiger partial charge in [-0.1, -0.05) is 27.2 Å². The van der Waals surface area contributed by atoms with Crippen molar-refractivity contribution >= 4 is 23.5 Å². The number of hydrogen-bond donors (Lipinski definition) is 8. The molecule has 13 heteroatoms. The van der Waals surface area contributed by atoms with E-state index in [2.05, 4.69) is 36.6 Å². The van der Waals surface area contributed by atoms with Crippen LogP contribution in [0.25, 0.3) is 0 Å². The fourth-order valence-corrected chi connectivity index (χ4v) is 4.51. The van der Waals surface area contributed by atoms with Gasteiger partial charge in [-0.2, -0.15) is 0 Å². The fourth-order valence-electron chi connectivity index (χ4n) is 4.51.